The molecule has 0 unspecified atom stereocenters. The van der Waals surface area contributed by atoms with Gasteiger partial charge in [0.1, 0.15) is 11.3 Å². The highest BCUT2D eigenvalue weighted by Gasteiger charge is 2.54. The molecule has 3 rings (SSSR count). The first-order chi connectivity index (χ1) is 10.6. The van der Waals surface area contributed by atoms with Crippen LogP contribution in [-0.2, 0) is 11.3 Å². The number of carbonyl (C=O) groups excluding carboxylic acids is 2. The molecule has 0 radical (unpaired) electrons. The van der Waals surface area contributed by atoms with Crippen molar-refractivity contribution in [2.45, 2.75) is 44.7 Å². The van der Waals surface area contributed by atoms with Crippen LogP contribution in [0.4, 0.5) is 4.79 Å². The van der Waals surface area contributed by atoms with Crippen molar-refractivity contribution in [2.24, 2.45) is 5.92 Å². The highest BCUT2D eigenvalue weighted by molar-refractivity contribution is 6.07. The zero-order valence-corrected chi connectivity index (χ0v) is 13.1. The topological polar surface area (TPSA) is 58.6 Å². The Morgan fingerprint density at radius 2 is 2.09 bits per heavy atom. The molecule has 1 heterocycles. The number of rotatable bonds is 3. The summed E-state index contributed by atoms with van der Waals surface area (Å²) >= 11 is 0. The highest BCUT2D eigenvalue weighted by Crippen LogP contribution is 2.38. The van der Waals surface area contributed by atoms with Crippen molar-refractivity contribution < 1.29 is 14.3 Å². The molecule has 0 bridgehead atoms. The van der Waals surface area contributed by atoms with Crippen molar-refractivity contribution in [3.63, 3.8) is 0 Å². The predicted octanol–water partition coefficient (Wildman–Crippen LogP) is 2.70. The van der Waals surface area contributed by atoms with E-state index in [4.69, 9.17) is 4.74 Å². The van der Waals surface area contributed by atoms with Crippen molar-refractivity contribution in [3.8, 4) is 5.75 Å². The van der Waals surface area contributed by atoms with E-state index in [9.17, 15) is 9.59 Å². The van der Waals surface area contributed by atoms with Crippen LogP contribution >= 0.6 is 0 Å². The number of para-hydroxylation sites is 1. The van der Waals surface area contributed by atoms with Crippen LogP contribution in [0.3, 0.4) is 0 Å². The molecular weight excluding hydrogens is 280 g/mol. The van der Waals surface area contributed by atoms with Gasteiger partial charge in [0.05, 0.1) is 13.7 Å². The van der Waals surface area contributed by atoms with Gasteiger partial charge in [0.25, 0.3) is 5.91 Å². The van der Waals surface area contributed by atoms with Crippen LogP contribution in [0.5, 0.6) is 5.75 Å². The van der Waals surface area contributed by atoms with Crippen LogP contribution in [0.15, 0.2) is 24.3 Å². The number of benzene rings is 1. The molecule has 5 nitrogen and oxygen atoms in total. The Bertz CT molecular complexity index is 601. The Kier molecular flexibility index (Phi) is 3.81. The van der Waals surface area contributed by atoms with E-state index in [1.165, 1.54) is 4.90 Å². The molecule has 1 aliphatic heterocycles. The Labute approximate surface area is 130 Å². The SMILES string of the molecule is COc1ccccc1CN1C(=O)N[C@]2(CCCC[C@@H]2C)C1=O. The van der Waals surface area contributed by atoms with Gasteiger partial charge in [-0.1, -0.05) is 38.0 Å². The van der Waals surface area contributed by atoms with Gasteiger partial charge in [-0.2, -0.15) is 0 Å². The normalized spacial score (nSPS) is 28.1. The smallest absolute Gasteiger partial charge is 0.325 e. The molecule has 22 heavy (non-hydrogen) atoms. The van der Waals surface area contributed by atoms with Crippen molar-refractivity contribution in [1.82, 2.24) is 10.2 Å². The van der Waals surface area contributed by atoms with Crippen molar-refractivity contribution in [3.05, 3.63) is 29.8 Å². The van der Waals surface area contributed by atoms with Crippen LogP contribution in [-0.4, -0.2) is 29.5 Å². The molecule has 1 saturated carbocycles. The second-order valence-corrected chi connectivity index (χ2v) is 6.25. The maximum absolute atomic E-state index is 12.9. The van der Waals surface area contributed by atoms with E-state index in [0.717, 1.165) is 31.2 Å². The first kappa shape index (κ1) is 14.9. The molecule has 0 aromatic heterocycles. The second-order valence-electron chi connectivity index (χ2n) is 6.25. The first-order valence-corrected chi connectivity index (χ1v) is 7.84. The molecule has 1 aliphatic carbocycles. The third-order valence-electron chi connectivity index (χ3n) is 5.02. The molecule has 1 spiro atoms. The second kappa shape index (κ2) is 5.63. The van der Waals surface area contributed by atoms with E-state index in [2.05, 4.69) is 12.2 Å². The van der Waals surface area contributed by atoms with E-state index in [1.54, 1.807) is 7.11 Å². The lowest BCUT2D eigenvalue weighted by Gasteiger charge is -2.36. The Morgan fingerprint density at radius 1 is 1.32 bits per heavy atom. The molecule has 1 aromatic carbocycles. The van der Waals surface area contributed by atoms with E-state index in [1.807, 2.05) is 24.3 Å². The number of ether oxygens (including phenoxy) is 1. The number of imide groups is 1. The fourth-order valence-electron chi connectivity index (χ4n) is 3.64. The third-order valence-corrected chi connectivity index (χ3v) is 5.02. The minimum atomic E-state index is -0.697. The molecule has 118 valence electrons. The molecule has 2 fully saturated rings. The number of hydrogen-bond acceptors (Lipinski definition) is 3. The van der Waals surface area contributed by atoms with Gasteiger partial charge in [0, 0.05) is 5.56 Å². The average molecular weight is 302 g/mol. The lowest BCUT2D eigenvalue weighted by molar-refractivity contribution is -0.134. The minimum Gasteiger partial charge on any atom is -0.496 e. The lowest BCUT2D eigenvalue weighted by atomic mass is 9.73. The number of nitrogens with zero attached hydrogens (tertiary/aromatic N) is 1. The van der Waals surface area contributed by atoms with Crippen LogP contribution in [0.2, 0.25) is 0 Å². The number of nitrogens with one attached hydrogen (secondary N) is 1. The first-order valence-electron chi connectivity index (χ1n) is 7.84. The minimum absolute atomic E-state index is 0.0874. The quantitative estimate of drug-likeness (QED) is 0.873. The van der Waals surface area contributed by atoms with E-state index in [0.29, 0.717) is 5.75 Å². The number of hydrogen-bond donors (Lipinski definition) is 1. The van der Waals surface area contributed by atoms with E-state index >= 15 is 0 Å². The molecule has 1 aromatic rings. The van der Waals surface area contributed by atoms with Gasteiger partial charge in [-0.05, 0) is 24.8 Å². The van der Waals surface area contributed by atoms with Gasteiger partial charge in [0.2, 0.25) is 0 Å². The number of amides is 3. The van der Waals surface area contributed by atoms with Crippen LogP contribution in [0, 0.1) is 5.92 Å². The van der Waals surface area contributed by atoms with E-state index < -0.39 is 5.54 Å². The number of carbonyl (C=O) groups is 2. The lowest BCUT2D eigenvalue weighted by Crippen LogP contribution is -2.53. The van der Waals surface area contributed by atoms with Crippen LogP contribution in [0.1, 0.15) is 38.2 Å². The van der Waals surface area contributed by atoms with Crippen LogP contribution in [0.25, 0.3) is 0 Å². The molecular formula is C17H22N2O3. The summed E-state index contributed by atoms with van der Waals surface area (Å²) in [6, 6.07) is 7.19. The molecule has 2 aliphatic rings. The summed E-state index contributed by atoms with van der Waals surface area (Å²) in [5, 5.41) is 2.97. The van der Waals surface area contributed by atoms with Gasteiger partial charge < -0.3 is 10.1 Å². The van der Waals surface area contributed by atoms with Crippen molar-refractivity contribution >= 4 is 11.9 Å². The zero-order valence-electron chi connectivity index (χ0n) is 13.1. The fourth-order valence-corrected chi connectivity index (χ4v) is 3.64. The zero-order chi connectivity index (χ0) is 15.7. The molecule has 5 heteroatoms. The van der Waals surface area contributed by atoms with Gasteiger partial charge in [-0.25, -0.2) is 4.79 Å². The fraction of sp³-hybridized carbons (Fsp3) is 0.529. The predicted molar refractivity (Wildman–Crippen MR) is 82.4 cm³/mol. The standard InChI is InChI=1S/C17H22N2O3/c1-12-7-5-6-10-17(12)15(20)19(16(21)18-17)11-13-8-3-4-9-14(13)22-2/h3-4,8-9,12H,5-7,10-11H2,1-2H3,(H,18,21)/t12-,17-/m0/s1. The maximum atomic E-state index is 12.9. The monoisotopic (exact) mass is 302 g/mol. The summed E-state index contributed by atoms with van der Waals surface area (Å²) < 4.78 is 5.31. The summed E-state index contributed by atoms with van der Waals surface area (Å²) in [4.78, 5) is 26.6. The van der Waals surface area contributed by atoms with Crippen molar-refractivity contribution in [2.75, 3.05) is 7.11 Å². The Balaban J connectivity index is 1.86. The van der Waals surface area contributed by atoms with Gasteiger partial charge in [-0.15, -0.1) is 0 Å². The third kappa shape index (κ3) is 2.25. The Hall–Kier alpha value is -2.04. The highest BCUT2D eigenvalue weighted by atomic mass is 16.5. The van der Waals surface area contributed by atoms with Crippen molar-refractivity contribution in [1.29, 1.82) is 0 Å². The summed E-state index contributed by atoms with van der Waals surface area (Å²) in [6.45, 7) is 2.31. The number of urea groups is 1. The Morgan fingerprint density at radius 3 is 2.82 bits per heavy atom. The summed E-state index contributed by atoms with van der Waals surface area (Å²) in [5.74, 6) is 0.789. The maximum Gasteiger partial charge on any atom is 0.325 e. The van der Waals surface area contributed by atoms with Crippen LogP contribution < -0.4 is 10.1 Å². The molecule has 3 amide bonds. The van der Waals surface area contributed by atoms with Gasteiger partial charge in [-0.3, -0.25) is 9.69 Å². The van der Waals surface area contributed by atoms with E-state index in [-0.39, 0.29) is 24.4 Å². The molecule has 2 atom stereocenters. The van der Waals surface area contributed by atoms with Gasteiger partial charge >= 0.3 is 6.03 Å². The largest absolute Gasteiger partial charge is 0.496 e. The number of methoxy groups -OCH3 is 1. The molecule has 1 N–H and O–H groups in total. The average Bonchev–Trinajstić information content (AvgIpc) is 2.76. The molecule has 1 saturated heterocycles. The summed E-state index contributed by atoms with van der Waals surface area (Å²) in [7, 11) is 1.59. The van der Waals surface area contributed by atoms with Gasteiger partial charge in [0.15, 0.2) is 0 Å². The summed E-state index contributed by atoms with van der Waals surface area (Å²) in [5.41, 5.74) is 0.145. The summed E-state index contributed by atoms with van der Waals surface area (Å²) in [6.07, 6.45) is 3.83.